The number of nitrogens with zero attached hydrogens (tertiary/aromatic N) is 2. The fraction of sp³-hybridized carbons (Fsp3) is 0.167. The lowest BCUT2D eigenvalue weighted by Gasteiger charge is -2.06. The molecule has 0 saturated carbocycles. The summed E-state index contributed by atoms with van der Waals surface area (Å²) in [6.45, 7) is 2.03. The van der Waals surface area contributed by atoms with Crippen molar-refractivity contribution in [3.05, 3.63) is 71.6 Å². The van der Waals surface area contributed by atoms with Gasteiger partial charge in [0.1, 0.15) is 0 Å². The van der Waals surface area contributed by atoms with Crippen molar-refractivity contribution in [3.8, 4) is 11.4 Å². The average molecular weight is 339 g/mol. The lowest BCUT2D eigenvalue weighted by Crippen LogP contribution is -2.10. The van der Waals surface area contributed by atoms with Crippen LogP contribution in [0.2, 0.25) is 0 Å². The summed E-state index contributed by atoms with van der Waals surface area (Å²) < 4.78 is 5.38. The molecule has 0 spiro atoms. The van der Waals surface area contributed by atoms with Crippen molar-refractivity contribution in [3.63, 3.8) is 0 Å². The summed E-state index contributed by atoms with van der Waals surface area (Å²) in [5.41, 5.74) is 7.80. The van der Waals surface area contributed by atoms with Gasteiger partial charge in [0.25, 0.3) is 0 Å². The molecule has 0 saturated heterocycles. The molecule has 122 valence electrons. The quantitative estimate of drug-likeness (QED) is 0.738. The molecule has 24 heavy (non-hydrogen) atoms. The number of rotatable bonds is 6. The molecule has 1 aromatic heterocycles. The van der Waals surface area contributed by atoms with Gasteiger partial charge in [-0.25, -0.2) is 0 Å². The van der Waals surface area contributed by atoms with Crippen LogP contribution in [0.3, 0.4) is 0 Å². The Morgan fingerprint density at radius 2 is 1.88 bits per heavy atom. The van der Waals surface area contributed by atoms with E-state index in [0.717, 1.165) is 16.9 Å². The van der Waals surface area contributed by atoms with Gasteiger partial charge < -0.3 is 10.3 Å². The molecule has 1 unspecified atom stereocenters. The molecule has 2 N–H and O–H groups in total. The number of carbonyl (C=O) groups is 1. The van der Waals surface area contributed by atoms with E-state index < -0.39 is 5.91 Å². The van der Waals surface area contributed by atoms with E-state index in [9.17, 15) is 4.79 Å². The number of aromatic nitrogens is 2. The first kappa shape index (κ1) is 16.3. The number of nitrogens with two attached hydrogens (primary N) is 1. The maximum Gasteiger partial charge on any atom is 0.248 e. The third-order valence-corrected chi connectivity index (χ3v) is 4.76. The van der Waals surface area contributed by atoms with Crippen LogP contribution in [0.4, 0.5) is 0 Å². The Bertz CT molecular complexity index is 816. The van der Waals surface area contributed by atoms with Gasteiger partial charge >= 0.3 is 0 Å². The van der Waals surface area contributed by atoms with Crippen LogP contribution in [-0.2, 0) is 5.75 Å². The van der Waals surface area contributed by atoms with Crippen molar-refractivity contribution in [2.24, 2.45) is 5.73 Å². The molecule has 5 nitrogen and oxygen atoms in total. The second-order valence-corrected chi connectivity index (χ2v) is 6.67. The van der Waals surface area contributed by atoms with Crippen molar-refractivity contribution in [2.75, 3.05) is 0 Å². The molecule has 1 atom stereocenters. The van der Waals surface area contributed by atoms with Gasteiger partial charge in [0.15, 0.2) is 0 Å². The smallest absolute Gasteiger partial charge is 0.248 e. The number of benzene rings is 2. The van der Waals surface area contributed by atoms with E-state index in [1.165, 1.54) is 0 Å². The zero-order chi connectivity index (χ0) is 16.9. The summed E-state index contributed by atoms with van der Waals surface area (Å²) in [6, 6.07) is 17.0. The molecule has 1 heterocycles. The fourth-order valence-corrected chi connectivity index (χ4v) is 3.04. The Morgan fingerprint density at radius 1 is 1.17 bits per heavy atom. The minimum Gasteiger partial charge on any atom is -0.366 e. The third-order valence-electron chi connectivity index (χ3n) is 3.56. The lowest BCUT2D eigenvalue weighted by molar-refractivity contribution is 0.100. The Balaban J connectivity index is 1.62. The Hall–Kier alpha value is -2.60. The van der Waals surface area contributed by atoms with Crippen molar-refractivity contribution in [2.45, 2.75) is 17.9 Å². The number of carbonyl (C=O) groups excluding carboxylic acids is 1. The molecule has 0 bridgehead atoms. The second-order valence-electron chi connectivity index (χ2n) is 5.34. The Labute approximate surface area is 144 Å². The molecule has 0 aliphatic heterocycles. The maximum absolute atomic E-state index is 11.1. The highest BCUT2D eigenvalue weighted by Crippen LogP contribution is 2.31. The van der Waals surface area contributed by atoms with E-state index >= 15 is 0 Å². The van der Waals surface area contributed by atoms with Crippen molar-refractivity contribution >= 4 is 17.7 Å². The predicted molar refractivity (Wildman–Crippen MR) is 94.4 cm³/mol. The zero-order valence-corrected chi connectivity index (χ0v) is 14.0. The van der Waals surface area contributed by atoms with E-state index in [4.69, 9.17) is 10.3 Å². The van der Waals surface area contributed by atoms with E-state index in [-0.39, 0.29) is 5.25 Å². The van der Waals surface area contributed by atoms with Crippen molar-refractivity contribution < 1.29 is 9.32 Å². The predicted octanol–water partition coefficient (Wildman–Crippen LogP) is 3.83. The maximum atomic E-state index is 11.1. The van der Waals surface area contributed by atoms with E-state index in [1.807, 2.05) is 49.4 Å². The first-order valence-corrected chi connectivity index (χ1v) is 8.58. The molecule has 2 aromatic carbocycles. The van der Waals surface area contributed by atoms with Crippen LogP contribution in [0.15, 0.2) is 59.1 Å². The number of thioether (sulfide) groups is 1. The molecular formula is C18H17N3O2S. The van der Waals surface area contributed by atoms with E-state index in [2.05, 4.69) is 10.1 Å². The highest BCUT2D eigenvalue weighted by Gasteiger charge is 2.15. The molecule has 0 radical (unpaired) electrons. The van der Waals surface area contributed by atoms with Gasteiger partial charge in [0.05, 0.1) is 5.25 Å². The van der Waals surface area contributed by atoms with Gasteiger partial charge in [-0.15, -0.1) is 11.8 Å². The van der Waals surface area contributed by atoms with Gasteiger partial charge in [0.2, 0.25) is 17.6 Å². The highest BCUT2D eigenvalue weighted by molar-refractivity contribution is 7.98. The van der Waals surface area contributed by atoms with Crippen LogP contribution < -0.4 is 5.73 Å². The largest absolute Gasteiger partial charge is 0.366 e. The summed E-state index contributed by atoms with van der Waals surface area (Å²) in [5, 5.41) is 4.12. The summed E-state index contributed by atoms with van der Waals surface area (Å²) in [5.74, 6) is 1.57. The second kappa shape index (κ2) is 7.31. The first-order valence-electron chi connectivity index (χ1n) is 7.53. The van der Waals surface area contributed by atoms with Crippen LogP contribution in [0.1, 0.15) is 34.0 Å². The van der Waals surface area contributed by atoms with Gasteiger partial charge in [-0.05, 0) is 24.6 Å². The van der Waals surface area contributed by atoms with Gasteiger partial charge in [-0.2, -0.15) is 4.98 Å². The monoisotopic (exact) mass is 339 g/mol. The van der Waals surface area contributed by atoms with Gasteiger partial charge in [-0.3, -0.25) is 4.79 Å². The van der Waals surface area contributed by atoms with E-state index in [0.29, 0.717) is 17.3 Å². The Morgan fingerprint density at radius 3 is 2.54 bits per heavy atom. The summed E-state index contributed by atoms with van der Waals surface area (Å²) in [6.07, 6.45) is 0. The van der Waals surface area contributed by atoms with Crippen molar-refractivity contribution in [1.29, 1.82) is 0 Å². The lowest BCUT2D eigenvalue weighted by atomic mass is 10.1. The molecule has 0 fully saturated rings. The van der Waals surface area contributed by atoms with Crippen LogP contribution in [0, 0.1) is 0 Å². The van der Waals surface area contributed by atoms with Crippen LogP contribution in [-0.4, -0.2) is 16.0 Å². The molecule has 3 rings (SSSR count). The van der Waals surface area contributed by atoms with Gasteiger partial charge in [0, 0.05) is 16.9 Å². The molecule has 0 aliphatic carbocycles. The topological polar surface area (TPSA) is 82.0 Å². The minimum atomic E-state index is -0.415. The highest BCUT2D eigenvalue weighted by atomic mass is 32.2. The Kier molecular flexibility index (Phi) is 4.96. The fourth-order valence-electron chi connectivity index (χ4n) is 2.16. The number of primary amides is 1. The standard InChI is InChI=1S/C18H17N3O2S/c1-12(24-11-13-7-9-14(10-8-13)16(19)22)18-20-17(21-23-18)15-5-3-2-4-6-15/h2-10,12H,11H2,1H3,(H2,19,22). The average Bonchev–Trinajstić information content (AvgIpc) is 3.11. The van der Waals surface area contributed by atoms with E-state index in [1.54, 1.807) is 23.9 Å². The zero-order valence-electron chi connectivity index (χ0n) is 13.2. The number of hydrogen-bond donors (Lipinski definition) is 1. The van der Waals surface area contributed by atoms with Crippen LogP contribution in [0.25, 0.3) is 11.4 Å². The normalized spacial score (nSPS) is 12.0. The summed E-state index contributed by atoms with van der Waals surface area (Å²) in [4.78, 5) is 15.5. The molecular weight excluding hydrogens is 322 g/mol. The molecule has 3 aromatic rings. The molecule has 6 heteroatoms. The van der Waals surface area contributed by atoms with Gasteiger partial charge in [-0.1, -0.05) is 47.6 Å². The third kappa shape index (κ3) is 3.83. The minimum absolute atomic E-state index is 0.0748. The number of amides is 1. The number of hydrogen-bond acceptors (Lipinski definition) is 5. The van der Waals surface area contributed by atoms with Crippen LogP contribution in [0.5, 0.6) is 0 Å². The van der Waals surface area contributed by atoms with Crippen molar-refractivity contribution in [1.82, 2.24) is 10.1 Å². The SMILES string of the molecule is CC(SCc1ccc(C(N)=O)cc1)c1nc(-c2ccccc2)no1. The summed E-state index contributed by atoms with van der Waals surface area (Å²) in [7, 11) is 0. The molecule has 1 amide bonds. The first-order chi connectivity index (χ1) is 11.6. The van der Waals surface area contributed by atoms with Crippen LogP contribution >= 0.6 is 11.8 Å². The molecule has 0 aliphatic rings. The summed E-state index contributed by atoms with van der Waals surface area (Å²) >= 11 is 1.69.